The first kappa shape index (κ1) is 15.8. The summed E-state index contributed by atoms with van der Waals surface area (Å²) in [5.74, 6) is -0.113. The van der Waals surface area contributed by atoms with Crippen LogP contribution in [-0.4, -0.2) is 43.7 Å². The number of rotatable bonds is 5. The Morgan fingerprint density at radius 3 is 2.61 bits per heavy atom. The monoisotopic (exact) mass is 314 g/mol. The number of ether oxygens (including phenoxy) is 1. The third kappa shape index (κ3) is 4.21. The zero-order valence-electron chi connectivity index (χ0n) is 13.3. The van der Waals surface area contributed by atoms with Gasteiger partial charge in [0.1, 0.15) is 6.26 Å². The Labute approximate surface area is 136 Å². The van der Waals surface area contributed by atoms with E-state index in [0.29, 0.717) is 5.56 Å². The van der Waals surface area contributed by atoms with Crippen LogP contribution in [-0.2, 0) is 4.74 Å². The van der Waals surface area contributed by atoms with Gasteiger partial charge >= 0.3 is 0 Å². The predicted molar refractivity (Wildman–Crippen MR) is 87.4 cm³/mol. The lowest BCUT2D eigenvalue weighted by Gasteiger charge is -2.31. The Bertz CT molecular complexity index is 616. The third-order valence-electron chi connectivity index (χ3n) is 4.11. The predicted octanol–water partition coefficient (Wildman–Crippen LogP) is 2.39. The molecule has 1 aliphatic rings. The van der Waals surface area contributed by atoms with Gasteiger partial charge in [0.2, 0.25) is 0 Å². The Hall–Kier alpha value is -2.11. The number of morpholine rings is 1. The minimum atomic E-state index is -0.113. The van der Waals surface area contributed by atoms with Crippen LogP contribution in [0.15, 0.2) is 47.3 Å². The highest BCUT2D eigenvalue weighted by Gasteiger charge is 2.21. The van der Waals surface area contributed by atoms with Crippen molar-refractivity contribution in [1.29, 1.82) is 0 Å². The Morgan fingerprint density at radius 2 is 1.96 bits per heavy atom. The summed E-state index contributed by atoms with van der Waals surface area (Å²) < 4.78 is 10.4. The first-order valence-corrected chi connectivity index (χ1v) is 7.92. The SMILES string of the molecule is Cc1ccc(C(CN2CCOCC2)NC(=O)c2ccoc2)cc1. The van der Waals surface area contributed by atoms with Gasteiger partial charge in [-0.3, -0.25) is 9.69 Å². The van der Waals surface area contributed by atoms with Crippen molar-refractivity contribution in [3.8, 4) is 0 Å². The van der Waals surface area contributed by atoms with Gasteiger partial charge in [0.25, 0.3) is 5.91 Å². The van der Waals surface area contributed by atoms with Crippen LogP contribution >= 0.6 is 0 Å². The lowest BCUT2D eigenvalue weighted by atomic mass is 10.0. The molecule has 0 saturated carbocycles. The summed E-state index contributed by atoms with van der Waals surface area (Å²) in [6.45, 7) is 6.11. The Kier molecular flexibility index (Phi) is 5.10. The van der Waals surface area contributed by atoms with Gasteiger partial charge in [0, 0.05) is 19.6 Å². The Morgan fingerprint density at radius 1 is 1.22 bits per heavy atom. The number of furan rings is 1. The fourth-order valence-corrected chi connectivity index (χ4v) is 2.71. The largest absolute Gasteiger partial charge is 0.472 e. The van der Waals surface area contributed by atoms with E-state index in [4.69, 9.17) is 9.15 Å². The summed E-state index contributed by atoms with van der Waals surface area (Å²) in [5.41, 5.74) is 2.86. The zero-order valence-corrected chi connectivity index (χ0v) is 13.3. The molecule has 0 radical (unpaired) electrons. The molecule has 0 bridgehead atoms. The van der Waals surface area contributed by atoms with E-state index in [1.54, 1.807) is 6.07 Å². The number of carbonyl (C=O) groups is 1. The number of carbonyl (C=O) groups excluding carboxylic acids is 1. The standard InChI is InChI=1S/C18H22N2O3/c1-14-2-4-15(5-3-14)17(12-20-7-10-22-11-8-20)19-18(21)16-6-9-23-13-16/h2-6,9,13,17H,7-8,10-12H2,1H3,(H,19,21). The highest BCUT2D eigenvalue weighted by atomic mass is 16.5. The first-order valence-electron chi connectivity index (χ1n) is 7.92. The van der Waals surface area contributed by atoms with E-state index in [9.17, 15) is 4.79 Å². The first-order chi connectivity index (χ1) is 11.2. The van der Waals surface area contributed by atoms with Gasteiger partial charge < -0.3 is 14.5 Å². The van der Waals surface area contributed by atoms with E-state index in [2.05, 4.69) is 41.4 Å². The van der Waals surface area contributed by atoms with E-state index >= 15 is 0 Å². The number of hydrogen-bond acceptors (Lipinski definition) is 4. The maximum atomic E-state index is 12.4. The molecule has 3 rings (SSSR count). The van der Waals surface area contributed by atoms with E-state index in [-0.39, 0.29) is 11.9 Å². The van der Waals surface area contributed by atoms with Crippen molar-refractivity contribution >= 4 is 5.91 Å². The van der Waals surface area contributed by atoms with Gasteiger partial charge in [-0.25, -0.2) is 0 Å². The summed E-state index contributed by atoms with van der Waals surface area (Å²) in [4.78, 5) is 14.7. The molecule has 1 fully saturated rings. The highest BCUT2D eigenvalue weighted by molar-refractivity contribution is 5.94. The lowest BCUT2D eigenvalue weighted by molar-refractivity contribution is 0.0332. The molecule has 122 valence electrons. The van der Waals surface area contributed by atoms with Crippen LogP contribution in [0, 0.1) is 6.92 Å². The summed E-state index contributed by atoms with van der Waals surface area (Å²) in [6, 6.07) is 9.93. The molecular formula is C18H22N2O3. The van der Waals surface area contributed by atoms with Crippen LogP contribution < -0.4 is 5.32 Å². The van der Waals surface area contributed by atoms with Crippen LogP contribution in [0.25, 0.3) is 0 Å². The molecule has 5 heteroatoms. The number of hydrogen-bond donors (Lipinski definition) is 1. The van der Waals surface area contributed by atoms with Crippen molar-refractivity contribution in [1.82, 2.24) is 10.2 Å². The van der Waals surface area contributed by atoms with Crippen LogP contribution in [0.4, 0.5) is 0 Å². The van der Waals surface area contributed by atoms with Crippen molar-refractivity contribution < 1.29 is 13.9 Å². The van der Waals surface area contributed by atoms with Gasteiger partial charge in [0.15, 0.2) is 0 Å². The molecule has 0 spiro atoms. The molecular weight excluding hydrogens is 292 g/mol. The molecule has 5 nitrogen and oxygen atoms in total. The quantitative estimate of drug-likeness (QED) is 0.921. The second kappa shape index (κ2) is 7.44. The van der Waals surface area contributed by atoms with Crippen molar-refractivity contribution in [2.75, 3.05) is 32.8 Å². The van der Waals surface area contributed by atoms with Crippen molar-refractivity contribution in [3.63, 3.8) is 0 Å². The normalized spacial score (nSPS) is 16.9. The minimum absolute atomic E-state index is 0.0592. The molecule has 1 amide bonds. The van der Waals surface area contributed by atoms with Crippen LogP contribution in [0.1, 0.15) is 27.5 Å². The van der Waals surface area contributed by atoms with Gasteiger partial charge in [-0.05, 0) is 18.6 Å². The van der Waals surface area contributed by atoms with Crippen LogP contribution in [0.2, 0.25) is 0 Å². The molecule has 2 heterocycles. The summed E-state index contributed by atoms with van der Waals surface area (Å²) in [7, 11) is 0. The molecule has 1 aromatic heterocycles. The fourth-order valence-electron chi connectivity index (χ4n) is 2.71. The van der Waals surface area contributed by atoms with Gasteiger partial charge in [-0.15, -0.1) is 0 Å². The van der Waals surface area contributed by atoms with E-state index in [1.165, 1.54) is 18.1 Å². The molecule has 1 atom stereocenters. The highest BCUT2D eigenvalue weighted by Crippen LogP contribution is 2.17. The van der Waals surface area contributed by atoms with E-state index in [0.717, 1.165) is 38.4 Å². The number of nitrogens with one attached hydrogen (secondary N) is 1. The van der Waals surface area contributed by atoms with Gasteiger partial charge in [-0.2, -0.15) is 0 Å². The zero-order chi connectivity index (χ0) is 16.1. The molecule has 1 aliphatic heterocycles. The molecule has 1 N–H and O–H groups in total. The van der Waals surface area contributed by atoms with Gasteiger partial charge in [-0.1, -0.05) is 29.8 Å². The molecule has 1 unspecified atom stereocenters. The second-order valence-electron chi connectivity index (χ2n) is 5.86. The number of aryl methyl sites for hydroxylation is 1. The van der Waals surface area contributed by atoms with Crippen LogP contribution in [0.5, 0.6) is 0 Å². The number of nitrogens with zero attached hydrogens (tertiary/aromatic N) is 1. The maximum Gasteiger partial charge on any atom is 0.255 e. The molecule has 0 aliphatic carbocycles. The molecule has 2 aromatic rings. The number of benzene rings is 1. The van der Waals surface area contributed by atoms with E-state index < -0.39 is 0 Å². The summed E-state index contributed by atoms with van der Waals surface area (Å²) in [6.07, 6.45) is 2.98. The minimum Gasteiger partial charge on any atom is -0.472 e. The van der Waals surface area contributed by atoms with Crippen LogP contribution in [0.3, 0.4) is 0 Å². The smallest absolute Gasteiger partial charge is 0.255 e. The Balaban J connectivity index is 1.74. The summed E-state index contributed by atoms with van der Waals surface area (Å²) in [5, 5.41) is 3.12. The molecule has 1 saturated heterocycles. The average molecular weight is 314 g/mol. The average Bonchev–Trinajstić information content (AvgIpc) is 3.10. The lowest BCUT2D eigenvalue weighted by Crippen LogP contribution is -2.43. The molecule has 1 aromatic carbocycles. The number of amides is 1. The fraction of sp³-hybridized carbons (Fsp3) is 0.389. The van der Waals surface area contributed by atoms with Gasteiger partial charge in [0.05, 0.1) is 31.1 Å². The summed E-state index contributed by atoms with van der Waals surface area (Å²) >= 11 is 0. The second-order valence-corrected chi connectivity index (χ2v) is 5.86. The van der Waals surface area contributed by atoms with Crippen molar-refractivity contribution in [2.45, 2.75) is 13.0 Å². The van der Waals surface area contributed by atoms with Crippen molar-refractivity contribution in [2.24, 2.45) is 0 Å². The maximum absolute atomic E-state index is 12.4. The topological polar surface area (TPSA) is 54.7 Å². The third-order valence-corrected chi connectivity index (χ3v) is 4.11. The molecule has 23 heavy (non-hydrogen) atoms. The van der Waals surface area contributed by atoms with Crippen molar-refractivity contribution in [3.05, 3.63) is 59.5 Å². The van der Waals surface area contributed by atoms with E-state index in [1.807, 2.05) is 0 Å².